The van der Waals surface area contributed by atoms with Crippen molar-refractivity contribution >= 4 is 29.1 Å². The zero-order valence-corrected chi connectivity index (χ0v) is 15.8. The van der Waals surface area contributed by atoms with E-state index in [4.69, 9.17) is 16.0 Å². The summed E-state index contributed by atoms with van der Waals surface area (Å²) in [7, 11) is 0. The van der Waals surface area contributed by atoms with Gasteiger partial charge in [0.15, 0.2) is 5.78 Å². The second kappa shape index (κ2) is 7.25. The number of carbonyl (C=O) groups is 1. The molecule has 1 atom stereocenters. The van der Waals surface area contributed by atoms with Crippen LogP contribution >= 0.6 is 23.4 Å². The summed E-state index contributed by atoms with van der Waals surface area (Å²) in [6.07, 6.45) is 3.35. The Kier molecular flexibility index (Phi) is 4.83. The highest BCUT2D eigenvalue weighted by molar-refractivity contribution is 8.00. The number of fused-ring (bicyclic) bond motifs is 1. The summed E-state index contributed by atoms with van der Waals surface area (Å²) in [5.74, 6) is 0.497. The third-order valence-electron chi connectivity index (χ3n) is 4.53. The van der Waals surface area contributed by atoms with Gasteiger partial charge in [0.05, 0.1) is 5.25 Å². The topological polar surface area (TPSA) is 56.0 Å². The summed E-state index contributed by atoms with van der Waals surface area (Å²) in [6.45, 7) is 1.87. The molecule has 0 saturated carbocycles. The van der Waals surface area contributed by atoms with E-state index in [1.54, 1.807) is 12.1 Å². The van der Waals surface area contributed by atoms with Crippen molar-refractivity contribution in [2.24, 2.45) is 0 Å². The minimum atomic E-state index is -0.298. The number of aromatic nitrogens is 2. The van der Waals surface area contributed by atoms with Crippen molar-refractivity contribution in [2.75, 3.05) is 0 Å². The zero-order chi connectivity index (χ0) is 18.1. The monoisotopic (exact) mass is 384 g/mol. The van der Waals surface area contributed by atoms with Crippen LogP contribution in [-0.4, -0.2) is 21.2 Å². The smallest absolute Gasteiger partial charge is 0.277 e. The van der Waals surface area contributed by atoms with Crippen LogP contribution in [-0.2, 0) is 12.8 Å². The van der Waals surface area contributed by atoms with Crippen molar-refractivity contribution in [3.8, 4) is 11.5 Å². The van der Waals surface area contributed by atoms with Gasteiger partial charge in [-0.15, -0.1) is 10.2 Å². The van der Waals surface area contributed by atoms with Gasteiger partial charge in [0.1, 0.15) is 0 Å². The predicted molar refractivity (Wildman–Crippen MR) is 103 cm³/mol. The van der Waals surface area contributed by atoms with Crippen LogP contribution in [0.25, 0.3) is 11.5 Å². The molecule has 132 valence electrons. The van der Waals surface area contributed by atoms with Crippen molar-refractivity contribution < 1.29 is 9.21 Å². The van der Waals surface area contributed by atoms with E-state index in [1.165, 1.54) is 29.3 Å². The highest BCUT2D eigenvalue weighted by Crippen LogP contribution is 2.29. The molecule has 0 aliphatic heterocycles. The van der Waals surface area contributed by atoms with E-state index in [-0.39, 0.29) is 11.0 Å². The SMILES string of the molecule is C[C@H](Sc1nnc(-c2ccc(Cl)cc2)o1)C(=O)c1ccc2c(c1)CCC2. The quantitative estimate of drug-likeness (QED) is 0.444. The van der Waals surface area contributed by atoms with Crippen LogP contribution < -0.4 is 0 Å². The molecular weight excluding hydrogens is 368 g/mol. The minimum Gasteiger partial charge on any atom is -0.411 e. The molecule has 3 aromatic rings. The molecule has 0 radical (unpaired) electrons. The Hall–Kier alpha value is -2.11. The van der Waals surface area contributed by atoms with E-state index < -0.39 is 0 Å². The molecule has 1 aromatic heterocycles. The molecule has 0 N–H and O–H groups in total. The molecule has 0 amide bonds. The summed E-state index contributed by atoms with van der Waals surface area (Å²) >= 11 is 7.18. The van der Waals surface area contributed by atoms with Crippen LogP contribution in [0.15, 0.2) is 52.1 Å². The predicted octanol–water partition coefficient (Wildman–Crippen LogP) is 5.24. The Morgan fingerprint density at radius 3 is 2.69 bits per heavy atom. The van der Waals surface area contributed by atoms with Gasteiger partial charge in [-0.2, -0.15) is 0 Å². The van der Waals surface area contributed by atoms with Gasteiger partial charge >= 0.3 is 0 Å². The lowest BCUT2D eigenvalue weighted by Gasteiger charge is -2.09. The second-order valence-corrected chi connectivity index (χ2v) is 8.07. The Morgan fingerprint density at radius 1 is 1.12 bits per heavy atom. The molecule has 4 nitrogen and oxygen atoms in total. The second-order valence-electron chi connectivity index (χ2n) is 6.34. The maximum absolute atomic E-state index is 12.7. The van der Waals surface area contributed by atoms with E-state index in [0.29, 0.717) is 16.1 Å². The summed E-state index contributed by atoms with van der Waals surface area (Å²) in [5, 5.41) is 8.84. The fourth-order valence-electron chi connectivity index (χ4n) is 3.13. The van der Waals surface area contributed by atoms with Gasteiger partial charge in [-0.05, 0) is 67.6 Å². The Morgan fingerprint density at radius 2 is 1.88 bits per heavy atom. The third-order valence-corrected chi connectivity index (χ3v) is 5.71. The number of nitrogens with zero attached hydrogens (tertiary/aromatic N) is 2. The molecule has 6 heteroatoms. The first kappa shape index (κ1) is 17.3. The molecule has 1 heterocycles. The van der Waals surface area contributed by atoms with Crippen molar-refractivity contribution in [2.45, 2.75) is 36.7 Å². The van der Waals surface area contributed by atoms with E-state index in [2.05, 4.69) is 16.3 Å². The van der Waals surface area contributed by atoms with Gasteiger partial charge in [0, 0.05) is 16.1 Å². The number of Topliss-reactive ketones (excluding diaryl/α,β-unsaturated/α-hetero) is 1. The number of thioether (sulfide) groups is 1. The molecule has 0 saturated heterocycles. The van der Waals surface area contributed by atoms with Crippen LogP contribution in [0.4, 0.5) is 0 Å². The van der Waals surface area contributed by atoms with E-state index in [1.807, 2.05) is 31.2 Å². The average Bonchev–Trinajstić information content (AvgIpc) is 3.30. The minimum absolute atomic E-state index is 0.0796. The van der Waals surface area contributed by atoms with Gasteiger partial charge in [0.2, 0.25) is 5.89 Å². The number of ketones is 1. The van der Waals surface area contributed by atoms with Crippen molar-refractivity contribution in [3.05, 3.63) is 64.2 Å². The van der Waals surface area contributed by atoms with Crippen LogP contribution in [0, 0.1) is 0 Å². The zero-order valence-electron chi connectivity index (χ0n) is 14.2. The lowest BCUT2D eigenvalue weighted by molar-refractivity contribution is 0.0993. The van der Waals surface area contributed by atoms with Crippen molar-refractivity contribution in [1.82, 2.24) is 10.2 Å². The normalized spacial score (nSPS) is 14.2. The number of halogens is 1. The van der Waals surface area contributed by atoms with Crippen LogP contribution in [0.1, 0.15) is 34.8 Å². The number of benzene rings is 2. The van der Waals surface area contributed by atoms with Crippen LogP contribution in [0.2, 0.25) is 5.02 Å². The van der Waals surface area contributed by atoms with E-state index in [9.17, 15) is 4.79 Å². The molecule has 0 unspecified atom stereocenters. The lowest BCUT2D eigenvalue weighted by Crippen LogP contribution is -2.13. The van der Waals surface area contributed by atoms with Crippen molar-refractivity contribution in [3.63, 3.8) is 0 Å². The first-order valence-electron chi connectivity index (χ1n) is 8.52. The number of aryl methyl sites for hydroxylation is 2. The van der Waals surface area contributed by atoms with Gasteiger partial charge in [-0.3, -0.25) is 4.79 Å². The first-order chi connectivity index (χ1) is 12.6. The van der Waals surface area contributed by atoms with Gasteiger partial charge in [-0.1, -0.05) is 35.5 Å². The number of hydrogen-bond donors (Lipinski definition) is 0. The van der Waals surface area contributed by atoms with Gasteiger partial charge < -0.3 is 4.42 Å². The standard InChI is InChI=1S/C20H17ClN2O2S/c1-12(18(24)16-6-5-13-3-2-4-15(13)11-16)26-20-23-22-19(25-20)14-7-9-17(21)10-8-14/h5-12H,2-4H2,1H3/t12-/m0/s1. The average molecular weight is 385 g/mol. The van der Waals surface area contributed by atoms with Crippen molar-refractivity contribution in [1.29, 1.82) is 0 Å². The first-order valence-corrected chi connectivity index (χ1v) is 9.78. The molecule has 0 fully saturated rings. The molecule has 4 rings (SSSR count). The summed E-state index contributed by atoms with van der Waals surface area (Å²) in [4.78, 5) is 12.7. The maximum atomic E-state index is 12.7. The maximum Gasteiger partial charge on any atom is 0.277 e. The Bertz CT molecular complexity index is 953. The molecule has 26 heavy (non-hydrogen) atoms. The number of rotatable bonds is 5. The molecule has 0 spiro atoms. The molecular formula is C20H17ClN2O2S. The highest BCUT2D eigenvalue weighted by atomic mass is 35.5. The largest absolute Gasteiger partial charge is 0.411 e. The fraction of sp³-hybridized carbons (Fsp3) is 0.250. The fourth-order valence-corrected chi connectivity index (χ4v) is 4.02. The Balaban J connectivity index is 1.47. The summed E-state index contributed by atoms with van der Waals surface area (Å²) < 4.78 is 5.69. The molecule has 0 bridgehead atoms. The summed E-state index contributed by atoms with van der Waals surface area (Å²) in [5.41, 5.74) is 4.22. The molecule has 1 aliphatic rings. The van der Waals surface area contributed by atoms with Gasteiger partial charge in [-0.25, -0.2) is 0 Å². The highest BCUT2D eigenvalue weighted by Gasteiger charge is 2.22. The third kappa shape index (κ3) is 3.55. The van der Waals surface area contributed by atoms with E-state index in [0.717, 1.165) is 24.0 Å². The summed E-state index contributed by atoms with van der Waals surface area (Å²) in [6, 6.07) is 13.2. The van der Waals surface area contributed by atoms with Crippen LogP contribution in [0.3, 0.4) is 0 Å². The Labute approximate surface area is 161 Å². The lowest BCUT2D eigenvalue weighted by atomic mass is 10.0. The van der Waals surface area contributed by atoms with Crippen LogP contribution in [0.5, 0.6) is 0 Å². The molecule has 2 aromatic carbocycles. The number of hydrogen-bond acceptors (Lipinski definition) is 5. The van der Waals surface area contributed by atoms with E-state index >= 15 is 0 Å². The molecule has 1 aliphatic carbocycles. The van der Waals surface area contributed by atoms with Gasteiger partial charge in [0.25, 0.3) is 5.22 Å². The number of carbonyl (C=O) groups excluding carboxylic acids is 1.